The molecule has 1 saturated carbocycles. The van der Waals surface area contributed by atoms with Crippen molar-refractivity contribution in [2.45, 2.75) is 24.7 Å². The number of nitriles is 1. The Kier molecular flexibility index (Phi) is 2.87. The molecule has 0 amide bonds. The molecule has 2 nitrogen and oxygen atoms in total. The zero-order valence-electron chi connectivity index (χ0n) is 9.02. The van der Waals surface area contributed by atoms with E-state index < -0.39 is 0 Å². The first-order chi connectivity index (χ1) is 7.80. The minimum atomic E-state index is -0.228. The normalized spacial score (nSPS) is 16.9. The topological polar surface area (TPSA) is 40.9 Å². The highest BCUT2D eigenvalue weighted by atomic mass is 16.1. The molecule has 0 heterocycles. The second kappa shape index (κ2) is 4.32. The van der Waals surface area contributed by atoms with E-state index in [4.69, 9.17) is 5.26 Å². The number of nitrogens with zero attached hydrogens (tertiary/aromatic N) is 1. The van der Waals surface area contributed by atoms with Gasteiger partial charge in [0.2, 0.25) is 0 Å². The Morgan fingerprint density at radius 2 is 2.25 bits per heavy atom. The first-order valence-corrected chi connectivity index (χ1v) is 5.43. The van der Waals surface area contributed by atoms with Crippen molar-refractivity contribution in [3.8, 4) is 6.07 Å². The summed E-state index contributed by atoms with van der Waals surface area (Å²) in [7, 11) is 0. The van der Waals surface area contributed by atoms with Crippen molar-refractivity contribution >= 4 is 12.4 Å². The molecule has 1 aromatic rings. The predicted molar refractivity (Wildman–Crippen MR) is 62.7 cm³/mol. The molecule has 1 aliphatic carbocycles. The maximum atomic E-state index is 10.2. The van der Waals surface area contributed by atoms with Crippen LogP contribution in [-0.2, 0) is 10.2 Å². The smallest absolute Gasteiger partial charge is 0.123 e. The van der Waals surface area contributed by atoms with Crippen molar-refractivity contribution in [2.75, 3.05) is 0 Å². The number of rotatable bonds is 4. The Morgan fingerprint density at radius 1 is 1.44 bits per heavy atom. The average Bonchev–Trinajstić information content (AvgIpc) is 3.11. The molecule has 0 radical (unpaired) electrons. The number of hydrogen-bond acceptors (Lipinski definition) is 2. The first-order valence-electron chi connectivity index (χ1n) is 5.43. The van der Waals surface area contributed by atoms with Crippen LogP contribution >= 0.6 is 0 Å². The summed E-state index contributed by atoms with van der Waals surface area (Å²) in [5.41, 5.74) is 1.93. The van der Waals surface area contributed by atoms with Crippen molar-refractivity contribution in [2.24, 2.45) is 0 Å². The van der Waals surface area contributed by atoms with Crippen LogP contribution in [0.4, 0.5) is 0 Å². The third-order valence-corrected chi connectivity index (χ3v) is 2.95. The van der Waals surface area contributed by atoms with Crippen LogP contribution in [0.5, 0.6) is 0 Å². The second-order valence-corrected chi connectivity index (χ2v) is 4.12. The fraction of sp³-hybridized carbons (Fsp3) is 0.286. The van der Waals surface area contributed by atoms with E-state index >= 15 is 0 Å². The van der Waals surface area contributed by atoms with Crippen LogP contribution < -0.4 is 0 Å². The third kappa shape index (κ3) is 2.04. The fourth-order valence-corrected chi connectivity index (χ4v) is 1.79. The summed E-state index contributed by atoms with van der Waals surface area (Å²) in [4.78, 5) is 10.2. The number of allylic oxidation sites excluding steroid dienone is 1. The van der Waals surface area contributed by atoms with Gasteiger partial charge in [0.1, 0.15) is 6.29 Å². The summed E-state index contributed by atoms with van der Waals surface area (Å²) in [6.45, 7) is 0. The van der Waals surface area contributed by atoms with Gasteiger partial charge in [0.15, 0.2) is 0 Å². The molecule has 0 atom stereocenters. The van der Waals surface area contributed by atoms with E-state index in [1.54, 1.807) is 0 Å². The lowest BCUT2D eigenvalue weighted by molar-refractivity contribution is -0.107. The van der Waals surface area contributed by atoms with Gasteiger partial charge in [0, 0.05) is 6.42 Å². The second-order valence-electron chi connectivity index (χ2n) is 4.12. The van der Waals surface area contributed by atoms with Gasteiger partial charge in [-0.1, -0.05) is 36.4 Å². The molecule has 1 fully saturated rings. The maximum absolute atomic E-state index is 10.2. The molecule has 0 spiro atoms. The molecular weight excluding hydrogens is 198 g/mol. The van der Waals surface area contributed by atoms with E-state index in [1.807, 2.05) is 36.4 Å². The van der Waals surface area contributed by atoms with Crippen LogP contribution in [0.2, 0.25) is 0 Å². The molecule has 0 aromatic heterocycles. The molecule has 0 saturated heterocycles. The van der Waals surface area contributed by atoms with Crippen molar-refractivity contribution < 1.29 is 4.79 Å². The van der Waals surface area contributed by atoms with Crippen LogP contribution in [-0.4, -0.2) is 6.29 Å². The van der Waals surface area contributed by atoms with Crippen molar-refractivity contribution in [3.05, 3.63) is 41.5 Å². The number of carbonyl (C=O) groups is 1. The Balaban J connectivity index is 2.21. The fourth-order valence-electron chi connectivity index (χ4n) is 1.79. The summed E-state index contributed by atoms with van der Waals surface area (Å²) >= 11 is 0. The lowest BCUT2D eigenvalue weighted by Crippen LogP contribution is -2.01. The molecule has 0 aliphatic heterocycles. The van der Waals surface area contributed by atoms with Gasteiger partial charge >= 0.3 is 0 Å². The molecule has 16 heavy (non-hydrogen) atoms. The average molecular weight is 211 g/mol. The zero-order chi connectivity index (χ0) is 11.4. The molecule has 0 N–H and O–H groups in total. The highest BCUT2D eigenvalue weighted by molar-refractivity contribution is 5.59. The Hall–Kier alpha value is -1.88. The molecule has 1 aromatic carbocycles. The predicted octanol–water partition coefficient (Wildman–Crippen LogP) is 2.84. The highest BCUT2D eigenvalue weighted by Crippen LogP contribution is 2.47. The van der Waals surface area contributed by atoms with Crippen LogP contribution in [0.25, 0.3) is 6.08 Å². The van der Waals surface area contributed by atoms with Crippen LogP contribution in [0, 0.1) is 11.3 Å². The SMILES string of the molecule is N#CC1(c2cccc(C=CCC=O)c2)CC1. The number of carbonyl (C=O) groups excluding carboxylic acids is 1. The van der Waals surface area contributed by atoms with Gasteiger partial charge < -0.3 is 4.79 Å². The number of aldehydes is 1. The standard InChI is InChI=1S/C14H13NO/c15-11-14(7-8-14)13-6-3-5-12(10-13)4-1-2-9-16/h1,3-6,9-10H,2,7-8H2. The van der Waals surface area contributed by atoms with E-state index in [0.29, 0.717) is 6.42 Å². The number of hydrogen-bond donors (Lipinski definition) is 0. The van der Waals surface area contributed by atoms with E-state index in [-0.39, 0.29) is 5.41 Å². The van der Waals surface area contributed by atoms with Gasteiger partial charge in [-0.15, -0.1) is 0 Å². The lowest BCUT2D eigenvalue weighted by atomic mass is 9.96. The minimum Gasteiger partial charge on any atom is -0.303 e. The van der Waals surface area contributed by atoms with Crippen molar-refractivity contribution in [1.29, 1.82) is 5.26 Å². The Bertz CT molecular complexity index is 464. The van der Waals surface area contributed by atoms with Gasteiger partial charge in [-0.25, -0.2) is 0 Å². The van der Waals surface area contributed by atoms with Crippen LogP contribution in [0.3, 0.4) is 0 Å². The van der Waals surface area contributed by atoms with E-state index in [1.165, 1.54) is 0 Å². The van der Waals surface area contributed by atoms with Gasteiger partial charge in [-0.3, -0.25) is 0 Å². The Labute approximate surface area is 95.2 Å². The monoisotopic (exact) mass is 211 g/mol. The molecule has 2 rings (SSSR count). The van der Waals surface area contributed by atoms with E-state index in [0.717, 1.165) is 30.3 Å². The first kappa shape index (κ1) is 10.6. The Morgan fingerprint density at radius 3 is 2.88 bits per heavy atom. The summed E-state index contributed by atoms with van der Waals surface area (Å²) in [5.74, 6) is 0. The minimum absolute atomic E-state index is 0.228. The molecule has 2 heteroatoms. The highest BCUT2D eigenvalue weighted by Gasteiger charge is 2.44. The molecular formula is C14H13NO. The zero-order valence-corrected chi connectivity index (χ0v) is 9.02. The number of benzene rings is 1. The summed E-state index contributed by atoms with van der Waals surface area (Å²) in [5, 5.41) is 9.10. The summed E-state index contributed by atoms with van der Waals surface area (Å²) < 4.78 is 0. The summed E-state index contributed by atoms with van der Waals surface area (Å²) in [6, 6.07) is 10.4. The van der Waals surface area contributed by atoms with Gasteiger partial charge in [-0.2, -0.15) is 5.26 Å². The molecule has 0 unspecified atom stereocenters. The summed E-state index contributed by atoms with van der Waals surface area (Å²) in [6.07, 6.45) is 6.99. The quantitative estimate of drug-likeness (QED) is 0.718. The van der Waals surface area contributed by atoms with E-state index in [2.05, 4.69) is 6.07 Å². The lowest BCUT2D eigenvalue weighted by Gasteiger charge is -2.06. The molecule has 1 aliphatic rings. The van der Waals surface area contributed by atoms with Crippen LogP contribution in [0.15, 0.2) is 30.3 Å². The van der Waals surface area contributed by atoms with Gasteiger partial charge in [-0.05, 0) is 24.0 Å². The maximum Gasteiger partial charge on any atom is 0.123 e. The van der Waals surface area contributed by atoms with E-state index in [9.17, 15) is 4.79 Å². The van der Waals surface area contributed by atoms with Crippen molar-refractivity contribution in [1.82, 2.24) is 0 Å². The van der Waals surface area contributed by atoms with Gasteiger partial charge in [0.05, 0.1) is 11.5 Å². The molecule has 0 bridgehead atoms. The third-order valence-electron chi connectivity index (χ3n) is 2.95. The molecule has 80 valence electrons. The van der Waals surface area contributed by atoms with Crippen LogP contribution in [0.1, 0.15) is 30.4 Å². The largest absolute Gasteiger partial charge is 0.303 e. The van der Waals surface area contributed by atoms with Crippen molar-refractivity contribution in [3.63, 3.8) is 0 Å². The van der Waals surface area contributed by atoms with Gasteiger partial charge in [0.25, 0.3) is 0 Å².